The van der Waals surface area contributed by atoms with Crippen LogP contribution < -0.4 is 0 Å². The van der Waals surface area contributed by atoms with Gasteiger partial charge in [0.1, 0.15) is 0 Å². The Hall–Kier alpha value is -1.10. The van der Waals surface area contributed by atoms with E-state index in [1.807, 2.05) is 11.6 Å². The third kappa shape index (κ3) is 2.91. The molecule has 0 saturated carbocycles. The summed E-state index contributed by atoms with van der Waals surface area (Å²) in [6.45, 7) is 9.21. The van der Waals surface area contributed by atoms with Gasteiger partial charge in [-0.1, -0.05) is 13.8 Å². The highest BCUT2D eigenvalue weighted by molar-refractivity contribution is 9.10. The van der Waals surface area contributed by atoms with Crippen LogP contribution in [-0.4, -0.2) is 19.6 Å². The highest BCUT2D eigenvalue weighted by Crippen LogP contribution is 2.21. The normalized spacial score (nSPS) is 11.5. The Morgan fingerprint density at radius 3 is 2.42 bits per heavy atom. The molecule has 4 nitrogen and oxygen atoms in total. The molecule has 5 heteroatoms. The lowest BCUT2D eigenvalue weighted by molar-refractivity contribution is 0.423. The molecule has 104 valence electrons. The van der Waals surface area contributed by atoms with Gasteiger partial charge in [0.25, 0.3) is 0 Å². The fraction of sp³-hybridized carbons (Fsp3) is 0.571. The third-order valence-corrected chi connectivity index (χ3v) is 4.73. The first-order chi connectivity index (χ1) is 9.06. The lowest BCUT2D eigenvalue weighted by Crippen LogP contribution is -2.09. The van der Waals surface area contributed by atoms with Crippen molar-refractivity contribution in [2.45, 2.75) is 53.1 Å². The Morgan fingerprint density at radius 1 is 1.21 bits per heavy atom. The summed E-state index contributed by atoms with van der Waals surface area (Å²) in [4.78, 5) is 0. The van der Waals surface area contributed by atoms with Crippen LogP contribution in [0.15, 0.2) is 16.7 Å². The van der Waals surface area contributed by atoms with Crippen molar-refractivity contribution in [3.63, 3.8) is 0 Å². The number of hydrogen-bond donors (Lipinski definition) is 0. The van der Waals surface area contributed by atoms with E-state index in [-0.39, 0.29) is 0 Å². The van der Waals surface area contributed by atoms with E-state index >= 15 is 0 Å². The number of rotatable bonds is 5. The van der Waals surface area contributed by atoms with Crippen molar-refractivity contribution in [1.82, 2.24) is 19.6 Å². The van der Waals surface area contributed by atoms with E-state index in [1.54, 1.807) is 0 Å². The molecule has 0 saturated heterocycles. The van der Waals surface area contributed by atoms with Gasteiger partial charge >= 0.3 is 0 Å². The molecule has 0 bridgehead atoms. The van der Waals surface area contributed by atoms with Crippen molar-refractivity contribution in [3.8, 4) is 0 Å². The second kappa shape index (κ2) is 5.90. The molecular formula is C14H21BrN4. The molecule has 0 aromatic carbocycles. The van der Waals surface area contributed by atoms with E-state index in [1.165, 1.54) is 0 Å². The van der Waals surface area contributed by atoms with Gasteiger partial charge in [0.2, 0.25) is 0 Å². The van der Waals surface area contributed by atoms with Crippen molar-refractivity contribution in [1.29, 1.82) is 0 Å². The molecule has 0 aliphatic rings. The lowest BCUT2D eigenvalue weighted by atomic mass is 10.2. The van der Waals surface area contributed by atoms with Gasteiger partial charge in [-0.15, -0.1) is 0 Å². The van der Waals surface area contributed by atoms with E-state index in [2.05, 4.69) is 63.8 Å². The molecule has 0 radical (unpaired) electrons. The zero-order valence-electron chi connectivity index (χ0n) is 12.0. The lowest BCUT2D eigenvalue weighted by Gasteiger charge is -2.12. The van der Waals surface area contributed by atoms with Gasteiger partial charge in [0, 0.05) is 6.20 Å². The summed E-state index contributed by atoms with van der Waals surface area (Å²) in [7, 11) is 0. The largest absolute Gasteiger partial charge is 0.269 e. The minimum atomic E-state index is 0.501. The highest BCUT2D eigenvalue weighted by Gasteiger charge is 2.12. The first-order valence-electron chi connectivity index (χ1n) is 6.80. The Bertz CT molecular complexity index is 552. The monoisotopic (exact) mass is 324 g/mol. The van der Waals surface area contributed by atoms with E-state index in [9.17, 15) is 0 Å². The van der Waals surface area contributed by atoms with Crippen molar-refractivity contribution in [2.75, 3.05) is 0 Å². The second-order valence-electron chi connectivity index (χ2n) is 4.90. The van der Waals surface area contributed by atoms with Crippen LogP contribution in [0.5, 0.6) is 0 Å². The van der Waals surface area contributed by atoms with Crippen LogP contribution in [0, 0.1) is 13.8 Å². The SMILES string of the molecule is CCC(CC)n1ccc(Cn2nc(C)c(Br)c2C)n1. The van der Waals surface area contributed by atoms with Crippen LogP contribution in [-0.2, 0) is 6.54 Å². The van der Waals surface area contributed by atoms with Gasteiger partial charge in [-0.25, -0.2) is 0 Å². The molecule has 0 unspecified atom stereocenters. The van der Waals surface area contributed by atoms with Gasteiger partial charge in [0.05, 0.1) is 34.1 Å². The third-order valence-electron chi connectivity index (χ3n) is 3.59. The van der Waals surface area contributed by atoms with E-state index in [0.29, 0.717) is 6.04 Å². The highest BCUT2D eigenvalue weighted by atomic mass is 79.9. The Kier molecular flexibility index (Phi) is 4.45. The van der Waals surface area contributed by atoms with Crippen LogP contribution in [0.1, 0.15) is 49.8 Å². The van der Waals surface area contributed by atoms with Gasteiger partial charge in [-0.2, -0.15) is 10.2 Å². The predicted octanol–water partition coefficient (Wildman–Crippen LogP) is 3.87. The molecule has 0 aliphatic heterocycles. The van der Waals surface area contributed by atoms with Crippen LogP contribution in [0.25, 0.3) is 0 Å². The maximum Gasteiger partial charge on any atom is 0.0853 e. The summed E-state index contributed by atoms with van der Waals surface area (Å²) in [5.41, 5.74) is 3.23. The minimum absolute atomic E-state index is 0.501. The summed E-state index contributed by atoms with van der Waals surface area (Å²) < 4.78 is 5.17. The topological polar surface area (TPSA) is 35.6 Å². The molecule has 0 atom stereocenters. The van der Waals surface area contributed by atoms with Crippen molar-refractivity contribution in [2.24, 2.45) is 0 Å². The number of hydrogen-bond acceptors (Lipinski definition) is 2. The van der Waals surface area contributed by atoms with E-state index in [0.717, 1.165) is 40.9 Å². The smallest absolute Gasteiger partial charge is 0.0853 e. The molecule has 0 spiro atoms. The molecule has 0 fully saturated rings. The first kappa shape index (κ1) is 14.3. The first-order valence-corrected chi connectivity index (χ1v) is 7.59. The average molecular weight is 325 g/mol. The minimum Gasteiger partial charge on any atom is -0.269 e. The standard InChI is InChI=1S/C14H21BrN4/c1-5-13(6-2)18-8-7-12(17-18)9-19-11(4)14(15)10(3)16-19/h7-8,13H,5-6,9H2,1-4H3. The van der Waals surface area contributed by atoms with Gasteiger partial charge in [-0.05, 0) is 48.7 Å². The summed E-state index contributed by atoms with van der Waals surface area (Å²) in [6, 6.07) is 2.59. The molecule has 0 aliphatic carbocycles. The van der Waals surface area contributed by atoms with Crippen molar-refractivity contribution < 1.29 is 0 Å². The van der Waals surface area contributed by atoms with E-state index in [4.69, 9.17) is 0 Å². The Morgan fingerprint density at radius 2 is 1.89 bits per heavy atom. The summed E-state index contributed by atoms with van der Waals surface area (Å²) >= 11 is 3.56. The van der Waals surface area contributed by atoms with Gasteiger partial charge in [-0.3, -0.25) is 9.36 Å². The Balaban J connectivity index is 2.18. The zero-order valence-corrected chi connectivity index (χ0v) is 13.6. The number of aryl methyl sites for hydroxylation is 1. The molecule has 0 N–H and O–H groups in total. The Labute approximate surface area is 122 Å². The van der Waals surface area contributed by atoms with E-state index < -0.39 is 0 Å². The van der Waals surface area contributed by atoms with Gasteiger partial charge in [0.15, 0.2) is 0 Å². The van der Waals surface area contributed by atoms with Crippen LogP contribution >= 0.6 is 15.9 Å². The maximum absolute atomic E-state index is 4.67. The predicted molar refractivity (Wildman–Crippen MR) is 80.3 cm³/mol. The quantitative estimate of drug-likeness (QED) is 0.836. The summed E-state index contributed by atoms with van der Waals surface area (Å²) in [5.74, 6) is 0. The van der Waals surface area contributed by atoms with Crippen molar-refractivity contribution >= 4 is 15.9 Å². The number of aromatic nitrogens is 4. The van der Waals surface area contributed by atoms with Crippen molar-refractivity contribution in [3.05, 3.63) is 33.8 Å². The number of nitrogens with zero attached hydrogens (tertiary/aromatic N) is 4. The number of halogens is 1. The van der Waals surface area contributed by atoms with Crippen LogP contribution in [0.3, 0.4) is 0 Å². The van der Waals surface area contributed by atoms with Crippen LogP contribution in [0.4, 0.5) is 0 Å². The maximum atomic E-state index is 4.67. The molecule has 0 amide bonds. The molecule has 2 aromatic heterocycles. The molecule has 2 heterocycles. The summed E-state index contributed by atoms with van der Waals surface area (Å²) in [5, 5.41) is 9.19. The molecule has 19 heavy (non-hydrogen) atoms. The fourth-order valence-corrected chi connectivity index (χ4v) is 2.59. The average Bonchev–Trinajstić information content (AvgIpc) is 2.94. The summed E-state index contributed by atoms with van der Waals surface area (Å²) in [6.07, 6.45) is 4.31. The van der Waals surface area contributed by atoms with Crippen LogP contribution in [0.2, 0.25) is 0 Å². The second-order valence-corrected chi connectivity index (χ2v) is 5.69. The zero-order chi connectivity index (χ0) is 14.0. The molecular weight excluding hydrogens is 304 g/mol. The fourth-order valence-electron chi connectivity index (χ4n) is 2.31. The molecule has 2 rings (SSSR count). The van der Waals surface area contributed by atoms with Gasteiger partial charge < -0.3 is 0 Å². The molecule has 2 aromatic rings.